The van der Waals surface area contributed by atoms with Gasteiger partial charge in [0.15, 0.2) is 0 Å². The summed E-state index contributed by atoms with van der Waals surface area (Å²) in [5, 5.41) is 3.24. The van der Waals surface area contributed by atoms with Gasteiger partial charge in [0.05, 0.1) is 0 Å². The highest BCUT2D eigenvalue weighted by atomic mass is 32.2. The molecular formula is C11H18N2OS. The van der Waals surface area contributed by atoms with Crippen LogP contribution in [0.15, 0.2) is 29.2 Å². The summed E-state index contributed by atoms with van der Waals surface area (Å²) >= 11 is 0. The lowest BCUT2D eigenvalue weighted by atomic mass is 10.2. The number of hydrogen-bond donors (Lipinski definition) is 2. The largest absolute Gasteiger partial charge is 0.383 e. The quantitative estimate of drug-likeness (QED) is 0.801. The molecule has 0 fully saturated rings. The maximum atomic E-state index is 11.1. The van der Waals surface area contributed by atoms with E-state index < -0.39 is 10.8 Å². The maximum Gasteiger partial charge on any atom is 0.0498 e. The molecule has 1 aromatic rings. The van der Waals surface area contributed by atoms with Crippen molar-refractivity contribution in [3.8, 4) is 0 Å². The molecule has 1 rings (SSSR count). The van der Waals surface area contributed by atoms with Crippen LogP contribution < -0.4 is 11.1 Å². The Hall–Kier alpha value is -0.870. The van der Waals surface area contributed by atoms with Gasteiger partial charge in [0.2, 0.25) is 0 Å². The molecule has 15 heavy (non-hydrogen) atoms. The zero-order chi connectivity index (χ0) is 11.3. The van der Waals surface area contributed by atoms with Crippen molar-refractivity contribution in [2.75, 3.05) is 18.1 Å². The van der Waals surface area contributed by atoms with Crippen LogP contribution in [0.3, 0.4) is 0 Å². The minimum absolute atomic E-state index is 0.185. The SMILES string of the molecule is CCC(N)CNc1ccc(S(C)=O)cc1. The standard InChI is InChI=1S/C11H18N2OS/c1-3-9(12)8-13-10-4-6-11(7-5-10)15(2)14/h4-7,9,13H,3,8,12H2,1-2H3. The van der Waals surface area contributed by atoms with Crippen molar-refractivity contribution in [3.05, 3.63) is 24.3 Å². The van der Waals surface area contributed by atoms with E-state index in [2.05, 4.69) is 12.2 Å². The summed E-state index contributed by atoms with van der Waals surface area (Å²) in [6.45, 7) is 2.83. The molecule has 0 spiro atoms. The van der Waals surface area contributed by atoms with Crippen LogP contribution in [-0.4, -0.2) is 23.1 Å². The average Bonchev–Trinajstić information content (AvgIpc) is 2.26. The van der Waals surface area contributed by atoms with E-state index >= 15 is 0 Å². The van der Waals surface area contributed by atoms with Gasteiger partial charge < -0.3 is 11.1 Å². The topological polar surface area (TPSA) is 55.1 Å². The maximum absolute atomic E-state index is 11.1. The first-order valence-electron chi connectivity index (χ1n) is 5.06. The molecule has 3 nitrogen and oxygen atoms in total. The second-order valence-electron chi connectivity index (χ2n) is 3.53. The summed E-state index contributed by atoms with van der Waals surface area (Å²) in [6.07, 6.45) is 2.64. The van der Waals surface area contributed by atoms with E-state index in [-0.39, 0.29) is 6.04 Å². The third-order valence-electron chi connectivity index (χ3n) is 2.28. The third kappa shape index (κ3) is 4.01. The first-order valence-corrected chi connectivity index (χ1v) is 6.62. The second-order valence-corrected chi connectivity index (χ2v) is 4.91. The molecular weight excluding hydrogens is 208 g/mol. The van der Waals surface area contributed by atoms with Crippen LogP contribution in [0, 0.1) is 0 Å². The third-order valence-corrected chi connectivity index (χ3v) is 3.22. The fraction of sp³-hybridized carbons (Fsp3) is 0.455. The van der Waals surface area contributed by atoms with Crippen molar-refractivity contribution >= 4 is 16.5 Å². The van der Waals surface area contributed by atoms with Crippen molar-refractivity contribution in [1.29, 1.82) is 0 Å². The van der Waals surface area contributed by atoms with Crippen LogP contribution in [0.4, 0.5) is 5.69 Å². The Labute approximate surface area is 93.5 Å². The van der Waals surface area contributed by atoms with E-state index in [1.54, 1.807) is 6.26 Å². The highest BCUT2D eigenvalue weighted by Crippen LogP contribution is 2.11. The number of benzene rings is 1. The molecule has 0 bridgehead atoms. The lowest BCUT2D eigenvalue weighted by Gasteiger charge is -2.11. The highest BCUT2D eigenvalue weighted by molar-refractivity contribution is 7.84. The Balaban J connectivity index is 2.53. The summed E-state index contributed by atoms with van der Waals surface area (Å²) in [5.41, 5.74) is 6.81. The van der Waals surface area contributed by atoms with Crippen molar-refractivity contribution < 1.29 is 4.21 Å². The van der Waals surface area contributed by atoms with Crippen LogP contribution in [0.25, 0.3) is 0 Å². The van der Waals surface area contributed by atoms with E-state index in [0.29, 0.717) is 0 Å². The Morgan fingerprint density at radius 2 is 2.00 bits per heavy atom. The molecule has 3 N–H and O–H groups in total. The number of hydrogen-bond acceptors (Lipinski definition) is 3. The summed E-state index contributed by atoms with van der Waals surface area (Å²) in [7, 11) is -0.904. The molecule has 0 aliphatic carbocycles. The lowest BCUT2D eigenvalue weighted by Crippen LogP contribution is -2.27. The lowest BCUT2D eigenvalue weighted by molar-refractivity contribution is 0.679. The summed E-state index contributed by atoms with van der Waals surface area (Å²) in [6, 6.07) is 7.79. The molecule has 0 saturated heterocycles. The number of nitrogens with one attached hydrogen (secondary N) is 1. The minimum atomic E-state index is -0.904. The fourth-order valence-corrected chi connectivity index (χ4v) is 1.68. The molecule has 0 saturated carbocycles. The van der Waals surface area contributed by atoms with Crippen LogP contribution in [0.1, 0.15) is 13.3 Å². The van der Waals surface area contributed by atoms with E-state index in [0.717, 1.165) is 23.5 Å². The van der Waals surface area contributed by atoms with E-state index in [1.165, 1.54) is 0 Å². The molecule has 0 aliphatic heterocycles. The molecule has 4 heteroatoms. The highest BCUT2D eigenvalue weighted by Gasteiger charge is 2.00. The molecule has 0 amide bonds. The summed E-state index contributed by atoms with van der Waals surface area (Å²) in [5.74, 6) is 0. The minimum Gasteiger partial charge on any atom is -0.383 e. The molecule has 2 atom stereocenters. The molecule has 0 heterocycles. The zero-order valence-electron chi connectivity index (χ0n) is 9.19. The van der Waals surface area contributed by atoms with Gasteiger partial charge in [0.25, 0.3) is 0 Å². The number of anilines is 1. The van der Waals surface area contributed by atoms with E-state index in [1.807, 2.05) is 24.3 Å². The van der Waals surface area contributed by atoms with Gasteiger partial charge in [-0.1, -0.05) is 6.92 Å². The van der Waals surface area contributed by atoms with Gasteiger partial charge in [-0.3, -0.25) is 4.21 Å². The van der Waals surface area contributed by atoms with E-state index in [4.69, 9.17) is 5.73 Å². The van der Waals surface area contributed by atoms with Crippen molar-refractivity contribution in [3.63, 3.8) is 0 Å². The molecule has 0 aromatic heterocycles. The van der Waals surface area contributed by atoms with Gasteiger partial charge in [-0.15, -0.1) is 0 Å². The first-order chi connectivity index (χ1) is 7.13. The number of nitrogens with two attached hydrogens (primary N) is 1. The zero-order valence-corrected chi connectivity index (χ0v) is 10.0. The summed E-state index contributed by atoms with van der Waals surface area (Å²) < 4.78 is 11.1. The molecule has 0 aliphatic rings. The van der Waals surface area contributed by atoms with Gasteiger partial charge in [-0.05, 0) is 30.7 Å². The molecule has 0 radical (unpaired) electrons. The predicted molar refractivity (Wildman–Crippen MR) is 65.5 cm³/mol. The van der Waals surface area contributed by atoms with Crippen LogP contribution >= 0.6 is 0 Å². The van der Waals surface area contributed by atoms with E-state index in [9.17, 15) is 4.21 Å². The fourth-order valence-electron chi connectivity index (χ4n) is 1.16. The Bertz CT molecular complexity index is 324. The predicted octanol–water partition coefficient (Wildman–Crippen LogP) is 1.57. The van der Waals surface area contributed by atoms with Crippen molar-refractivity contribution in [2.45, 2.75) is 24.3 Å². The van der Waals surface area contributed by atoms with Gasteiger partial charge >= 0.3 is 0 Å². The molecule has 84 valence electrons. The van der Waals surface area contributed by atoms with Crippen LogP contribution in [0.5, 0.6) is 0 Å². The van der Waals surface area contributed by atoms with Crippen molar-refractivity contribution in [1.82, 2.24) is 0 Å². The monoisotopic (exact) mass is 226 g/mol. The molecule has 2 unspecified atom stereocenters. The first kappa shape index (κ1) is 12.2. The second kappa shape index (κ2) is 5.88. The smallest absolute Gasteiger partial charge is 0.0498 e. The van der Waals surface area contributed by atoms with Crippen molar-refractivity contribution in [2.24, 2.45) is 5.73 Å². The number of rotatable bonds is 5. The normalized spacial score (nSPS) is 14.6. The van der Waals surface area contributed by atoms with Gasteiger partial charge in [-0.2, -0.15) is 0 Å². The van der Waals surface area contributed by atoms with Crippen LogP contribution in [0.2, 0.25) is 0 Å². The average molecular weight is 226 g/mol. The Kier molecular flexibility index (Phi) is 4.78. The molecule has 1 aromatic carbocycles. The summed E-state index contributed by atoms with van der Waals surface area (Å²) in [4.78, 5) is 0.848. The van der Waals surface area contributed by atoms with Gasteiger partial charge in [0, 0.05) is 40.2 Å². The van der Waals surface area contributed by atoms with Gasteiger partial charge in [-0.25, -0.2) is 0 Å². The Morgan fingerprint density at radius 1 is 1.40 bits per heavy atom. The van der Waals surface area contributed by atoms with Gasteiger partial charge in [0.1, 0.15) is 0 Å². The Morgan fingerprint density at radius 3 is 2.47 bits per heavy atom. The van der Waals surface area contributed by atoms with Crippen LogP contribution in [-0.2, 0) is 10.8 Å².